The fraction of sp³-hybridized carbons (Fsp3) is 0.118. The monoisotopic (exact) mass is 399 g/mol. The van der Waals surface area contributed by atoms with Crippen molar-refractivity contribution in [3.63, 3.8) is 0 Å². The van der Waals surface area contributed by atoms with Crippen LogP contribution in [0.25, 0.3) is 0 Å². The highest BCUT2D eigenvalue weighted by Crippen LogP contribution is 2.25. The minimum absolute atomic E-state index is 0.0222. The third-order valence-corrected chi connectivity index (χ3v) is 4.85. The Hall–Kier alpha value is -3.60. The van der Waals surface area contributed by atoms with Gasteiger partial charge in [0.1, 0.15) is 0 Å². The van der Waals surface area contributed by atoms with Gasteiger partial charge >= 0.3 is 0 Å². The van der Waals surface area contributed by atoms with Gasteiger partial charge in [0.15, 0.2) is 5.17 Å². The van der Waals surface area contributed by atoms with Gasteiger partial charge in [0, 0.05) is 24.3 Å². The highest BCUT2D eigenvalue weighted by molar-refractivity contribution is 8.15. The van der Waals surface area contributed by atoms with Crippen LogP contribution >= 0.6 is 11.8 Å². The van der Waals surface area contributed by atoms with Gasteiger partial charge in [0.05, 0.1) is 21.3 Å². The largest absolute Gasteiger partial charge is 0.303 e. The normalized spacial score (nSPS) is 17.8. The van der Waals surface area contributed by atoms with Crippen molar-refractivity contribution in [2.45, 2.75) is 11.7 Å². The molecule has 1 amide bonds. The third kappa shape index (κ3) is 4.76. The van der Waals surface area contributed by atoms with Gasteiger partial charge in [-0.1, -0.05) is 23.9 Å². The summed E-state index contributed by atoms with van der Waals surface area (Å²) < 4.78 is 0. The maximum atomic E-state index is 12.1. The number of hydrogen-bond donors (Lipinski definition) is 1. The topological polar surface area (TPSA) is 140 Å². The third-order valence-electron chi connectivity index (χ3n) is 3.78. The molecule has 1 N–H and O–H groups in total. The van der Waals surface area contributed by atoms with Gasteiger partial charge in [-0.15, -0.1) is 5.10 Å². The van der Waals surface area contributed by atoms with E-state index in [-0.39, 0.29) is 17.3 Å². The zero-order chi connectivity index (χ0) is 20.1. The van der Waals surface area contributed by atoms with E-state index in [9.17, 15) is 25.0 Å². The molecule has 10 nitrogen and oxygen atoms in total. The maximum absolute atomic E-state index is 12.1. The molecule has 142 valence electrons. The molecule has 1 unspecified atom stereocenters. The number of carbonyl (C=O) groups is 1. The molecule has 0 spiro atoms. The second kappa shape index (κ2) is 8.39. The van der Waals surface area contributed by atoms with Gasteiger partial charge in [0.25, 0.3) is 11.4 Å². The number of non-ortho nitro benzene ring substituents is 2. The maximum Gasteiger partial charge on any atom is 0.269 e. The van der Waals surface area contributed by atoms with Crippen LogP contribution < -0.4 is 5.32 Å². The second-order valence-corrected chi connectivity index (χ2v) is 6.92. The number of thioether (sulfide) groups is 1. The average Bonchev–Trinajstić information content (AvgIpc) is 3.01. The fourth-order valence-corrected chi connectivity index (χ4v) is 3.39. The van der Waals surface area contributed by atoms with Crippen LogP contribution in [0.2, 0.25) is 0 Å². The Morgan fingerprint density at radius 1 is 1.07 bits per heavy atom. The van der Waals surface area contributed by atoms with Gasteiger partial charge < -0.3 is 5.32 Å². The quantitative estimate of drug-likeness (QED) is 0.450. The van der Waals surface area contributed by atoms with Gasteiger partial charge in [-0.25, -0.2) is 0 Å². The average molecular weight is 399 g/mol. The molecule has 0 saturated carbocycles. The van der Waals surface area contributed by atoms with Crippen molar-refractivity contribution in [2.75, 3.05) is 0 Å². The van der Waals surface area contributed by atoms with E-state index in [0.29, 0.717) is 22.7 Å². The second-order valence-electron chi connectivity index (χ2n) is 5.73. The molecular weight excluding hydrogens is 386 g/mol. The minimum Gasteiger partial charge on any atom is -0.303 e. The number of amides is 1. The first-order valence-corrected chi connectivity index (χ1v) is 8.86. The molecule has 1 heterocycles. The molecule has 1 fully saturated rings. The molecule has 28 heavy (non-hydrogen) atoms. The molecule has 1 aliphatic heterocycles. The Labute approximate surface area is 162 Å². The number of nitro groups is 2. The molecule has 2 aromatic rings. The molecule has 0 radical (unpaired) electrons. The summed E-state index contributed by atoms with van der Waals surface area (Å²) in [6.07, 6.45) is 1.74. The molecule has 1 atom stereocenters. The number of hydrogen-bond acceptors (Lipinski definition) is 8. The molecule has 1 aliphatic rings. The molecule has 3 rings (SSSR count). The van der Waals surface area contributed by atoms with Crippen molar-refractivity contribution in [1.29, 1.82) is 0 Å². The predicted octanol–water partition coefficient (Wildman–Crippen LogP) is 2.67. The van der Waals surface area contributed by atoms with E-state index in [1.807, 2.05) is 0 Å². The van der Waals surface area contributed by atoms with Crippen LogP contribution in [0.15, 0.2) is 58.7 Å². The van der Waals surface area contributed by atoms with Crippen molar-refractivity contribution >= 4 is 40.4 Å². The number of rotatable bonds is 6. The van der Waals surface area contributed by atoms with Crippen LogP contribution in [0.1, 0.15) is 11.1 Å². The van der Waals surface area contributed by atoms with Crippen molar-refractivity contribution < 1.29 is 14.6 Å². The molecule has 2 aromatic carbocycles. The Bertz CT molecular complexity index is 990. The number of nitro benzene ring substituents is 2. The molecular formula is C17H13N5O5S. The summed E-state index contributed by atoms with van der Waals surface area (Å²) in [5.41, 5.74) is 1.25. The lowest BCUT2D eigenvalue weighted by molar-refractivity contribution is -0.385. The molecule has 0 bridgehead atoms. The lowest BCUT2D eigenvalue weighted by atomic mass is 10.1. The van der Waals surface area contributed by atoms with E-state index in [4.69, 9.17) is 0 Å². The van der Waals surface area contributed by atoms with Crippen molar-refractivity contribution in [1.82, 2.24) is 5.32 Å². The Kier molecular flexibility index (Phi) is 5.75. The summed E-state index contributed by atoms with van der Waals surface area (Å²) >= 11 is 1.19. The van der Waals surface area contributed by atoms with E-state index < -0.39 is 15.1 Å². The zero-order valence-electron chi connectivity index (χ0n) is 14.2. The molecule has 0 aliphatic carbocycles. The van der Waals surface area contributed by atoms with Crippen LogP contribution in [0.4, 0.5) is 11.4 Å². The number of carbonyl (C=O) groups excluding carboxylic acids is 1. The van der Waals surface area contributed by atoms with Crippen molar-refractivity contribution in [2.24, 2.45) is 10.2 Å². The van der Waals surface area contributed by atoms with Gasteiger partial charge in [-0.2, -0.15) is 5.10 Å². The van der Waals surface area contributed by atoms with E-state index in [0.717, 1.165) is 0 Å². The smallest absolute Gasteiger partial charge is 0.269 e. The highest BCUT2D eigenvalue weighted by Gasteiger charge is 2.30. The lowest BCUT2D eigenvalue weighted by Gasteiger charge is -2.04. The Morgan fingerprint density at radius 3 is 2.46 bits per heavy atom. The molecule has 0 aromatic heterocycles. The standard InChI is InChI=1S/C17H13N5O5S/c23-16-15(9-12-2-1-3-14(8-12)22(26)27)28-17(19-16)20-18-10-11-4-6-13(7-5-11)21(24)25/h1-8,10,15H,9H2,(H,19,20,23). The van der Waals surface area contributed by atoms with Gasteiger partial charge in [0.2, 0.25) is 5.91 Å². The molecule has 1 saturated heterocycles. The first-order valence-electron chi connectivity index (χ1n) is 7.99. The van der Waals surface area contributed by atoms with Crippen molar-refractivity contribution in [3.8, 4) is 0 Å². The summed E-state index contributed by atoms with van der Waals surface area (Å²) in [6.45, 7) is 0. The first-order chi connectivity index (χ1) is 13.4. The summed E-state index contributed by atoms with van der Waals surface area (Å²) in [7, 11) is 0. The summed E-state index contributed by atoms with van der Waals surface area (Å²) in [4.78, 5) is 32.6. The number of nitrogens with one attached hydrogen (secondary N) is 1. The van der Waals surface area contributed by atoms with Gasteiger partial charge in [-0.05, 0) is 29.7 Å². The van der Waals surface area contributed by atoms with E-state index >= 15 is 0 Å². The van der Waals surface area contributed by atoms with Crippen LogP contribution in [0.3, 0.4) is 0 Å². The first kappa shape index (κ1) is 19.2. The van der Waals surface area contributed by atoms with Crippen molar-refractivity contribution in [3.05, 3.63) is 79.9 Å². The van der Waals surface area contributed by atoms with Crippen LogP contribution in [-0.4, -0.2) is 32.4 Å². The number of amidine groups is 1. The van der Waals surface area contributed by atoms with E-state index in [2.05, 4.69) is 15.5 Å². The summed E-state index contributed by atoms with van der Waals surface area (Å²) in [5.74, 6) is -0.249. The number of benzene rings is 2. The fourth-order valence-electron chi connectivity index (χ4n) is 2.43. The zero-order valence-corrected chi connectivity index (χ0v) is 15.0. The highest BCUT2D eigenvalue weighted by atomic mass is 32.2. The lowest BCUT2D eigenvalue weighted by Crippen LogP contribution is -2.25. The van der Waals surface area contributed by atoms with Crippen LogP contribution in [-0.2, 0) is 11.2 Å². The van der Waals surface area contributed by atoms with Crippen LogP contribution in [0, 0.1) is 20.2 Å². The Balaban J connectivity index is 1.62. The molecule has 11 heteroatoms. The van der Waals surface area contributed by atoms with E-state index in [1.165, 1.54) is 54.4 Å². The predicted molar refractivity (Wildman–Crippen MR) is 104 cm³/mol. The van der Waals surface area contributed by atoms with E-state index in [1.54, 1.807) is 12.1 Å². The minimum atomic E-state index is -0.493. The van der Waals surface area contributed by atoms with Gasteiger partial charge in [-0.3, -0.25) is 25.0 Å². The summed E-state index contributed by atoms with van der Waals surface area (Å²) in [5, 5.41) is 31.7. The number of nitrogens with zero attached hydrogens (tertiary/aromatic N) is 4. The summed E-state index contributed by atoms with van der Waals surface area (Å²) in [6, 6.07) is 11.9. The van der Waals surface area contributed by atoms with Crippen LogP contribution in [0.5, 0.6) is 0 Å². The Morgan fingerprint density at radius 2 is 1.79 bits per heavy atom. The SMILES string of the molecule is O=C1N/C(=N\N=Cc2ccc([N+](=O)[O-])cc2)SC1Cc1cccc([N+](=O)[O-])c1.